The van der Waals surface area contributed by atoms with E-state index in [0.29, 0.717) is 5.76 Å². The van der Waals surface area contributed by atoms with Crippen molar-refractivity contribution < 1.29 is 9.52 Å². The van der Waals surface area contributed by atoms with E-state index in [1.54, 1.807) is 6.92 Å². The summed E-state index contributed by atoms with van der Waals surface area (Å²) in [6.45, 7) is 1.74. The van der Waals surface area contributed by atoms with E-state index in [1.807, 2.05) is 24.3 Å². The topological polar surface area (TPSA) is 59.4 Å². The molecule has 0 radical (unpaired) electrons. The fourth-order valence-corrected chi connectivity index (χ4v) is 2.10. The van der Waals surface area contributed by atoms with E-state index in [-0.39, 0.29) is 6.04 Å². The maximum atomic E-state index is 9.83. The number of hydrogen-bond acceptors (Lipinski definition) is 3. The predicted octanol–water partition coefficient (Wildman–Crippen LogP) is 2.58. The molecule has 0 aliphatic carbocycles. The van der Waals surface area contributed by atoms with Crippen molar-refractivity contribution in [3.8, 4) is 0 Å². The number of nitrogens with two attached hydrogens (primary N) is 1. The van der Waals surface area contributed by atoms with E-state index in [0.717, 1.165) is 15.4 Å². The average molecular weight is 270 g/mol. The molecule has 2 atom stereocenters. The Kier molecular flexibility index (Phi) is 2.82. The molecule has 0 amide bonds. The van der Waals surface area contributed by atoms with Crippen molar-refractivity contribution >= 4 is 26.9 Å². The van der Waals surface area contributed by atoms with Crippen molar-refractivity contribution in [1.82, 2.24) is 0 Å². The van der Waals surface area contributed by atoms with Gasteiger partial charge in [-0.1, -0.05) is 12.1 Å². The van der Waals surface area contributed by atoms with Gasteiger partial charge < -0.3 is 15.3 Å². The van der Waals surface area contributed by atoms with Crippen molar-refractivity contribution in [2.75, 3.05) is 0 Å². The molecule has 1 heterocycles. The van der Waals surface area contributed by atoms with Crippen LogP contribution >= 0.6 is 15.9 Å². The van der Waals surface area contributed by atoms with E-state index >= 15 is 0 Å². The average Bonchev–Trinajstić information content (AvgIpc) is 2.56. The van der Waals surface area contributed by atoms with Gasteiger partial charge in [-0.05, 0) is 35.0 Å². The van der Waals surface area contributed by atoms with Gasteiger partial charge in [0.25, 0.3) is 0 Å². The third-order valence-corrected chi connectivity index (χ3v) is 3.14. The van der Waals surface area contributed by atoms with Crippen LogP contribution in [0.4, 0.5) is 0 Å². The molecule has 1 aromatic carbocycles. The Morgan fingerprint density at radius 1 is 1.40 bits per heavy atom. The lowest BCUT2D eigenvalue weighted by Crippen LogP contribution is -2.24. The van der Waals surface area contributed by atoms with Crippen LogP contribution in [0.1, 0.15) is 18.8 Å². The van der Waals surface area contributed by atoms with E-state index in [9.17, 15) is 5.11 Å². The van der Waals surface area contributed by atoms with Gasteiger partial charge in [0.15, 0.2) is 0 Å². The summed E-state index contributed by atoms with van der Waals surface area (Å²) in [5, 5.41) is 10.8. The first kappa shape index (κ1) is 10.7. The number of benzene rings is 1. The highest BCUT2D eigenvalue weighted by Crippen LogP contribution is 2.35. The molecule has 2 unspecified atom stereocenters. The highest BCUT2D eigenvalue weighted by molar-refractivity contribution is 9.10. The summed E-state index contributed by atoms with van der Waals surface area (Å²) in [4.78, 5) is 0. The predicted molar refractivity (Wildman–Crippen MR) is 62.5 cm³/mol. The van der Waals surface area contributed by atoms with Crippen LogP contribution in [0.5, 0.6) is 0 Å². The molecule has 0 saturated heterocycles. The molecule has 0 saturated carbocycles. The minimum atomic E-state index is -0.785. The fraction of sp³-hybridized carbons (Fsp3) is 0.273. The number of fused-ring (bicyclic) bond motifs is 1. The van der Waals surface area contributed by atoms with Gasteiger partial charge in [0, 0.05) is 11.4 Å². The molecule has 2 aromatic rings. The second kappa shape index (κ2) is 3.96. The largest absolute Gasteiger partial charge is 0.457 e. The minimum absolute atomic E-state index is 0.359. The molecule has 0 spiro atoms. The molecule has 0 fully saturated rings. The van der Waals surface area contributed by atoms with Gasteiger partial charge in [-0.2, -0.15) is 0 Å². The highest BCUT2D eigenvalue weighted by Gasteiger charge is 2.21. The van der Waals surface area contributed by atoms with Crippen LogP contribution in [0.2, 0.25) is 0 Å². The molecule has 0 bridgehead atoms. The van der Waals surface area contributed by atoms with Gasteiger partial charge in [0.1, 0.15) is 17.4 Å². The Hall–Kier alpha value is -0.840. The zero-order chi connectivity index (χ0) is 11.0. The molecule has 80 valence electrons. The SMILES string of the molecule is CC(N)C(O)c1oc2ccccc2c1Br. The number of rotatable bonds is 2. The summed E-state index contributed by atoms with van der Waals surface area (Å²) in [6.07, 6.45) is -0.785. The number of para-hydroxylation sites is 1. The summed E-state index contributed by atoms with van der Waals surface area (Å²) >= 11 is 3.41. The first-order valence-corrected chi connectivity index (χ1v) is 5.51. The Bertz CT molecular complexity index is 478. The molecule has 0 aliphatic heterocycles. The van der Waals surface area contributed by atoms with Gasteiger partial charge in [-0.25, -0.2) is 0 Å². The van der Waals surface area contributed by atoms with Gasteiger partial charge in [-0.3, -0.25) is 0 Å². The highest BCUT2D eigenvalue weighted by atomic mass is 79.9. The molecular formula is C11H12BrNO2. The molecule has 2 rings (SSSR count). The number of aliphatic hydroxyl groups excluding tert-OH is 1. The maximum absolute atomic E-state index is 9.83. The second-order valence-electron chi connectivity index (χ2n) is 3.58. The van der Waals surface area contributed by atoms with Crippen LogP contribution < -0.4 is 5.73 Å². The molecule has 3 N–H and O–H groups in total. The summed E-state index contributed by atoms with van der Waals surface area (Å²) in [5.74, 6) is 0.492. The monoisotopic (exact) mass is 269 g/mol. The van der Waals surface area contributed by atoms with E-state index < -0.39 is 6.10 Å². The van der Waals surface area contributed by atoms with Gasteiger partial charge in [-0.15, -0.1) is 0 Å². The Labute approximate surface area is 96.0 Å². The van der Waals surface area contributed by atoms with Crippen molar-refractivity contribution in [3.63, 3.8) is 0 Å². The van der Waals surface area contributed by atoms with E-state index in [4.69, 9.17) is 10.2 Å². The zero-order valence-corrected chi connectivity index (χ0v) is 9.86. The first-order chi connectivity index (χ1) is 7.11. The summed E-state index contributed by atoms with van der Waals surface area (Å²) in [5.41, 5.74) is 6.38. The Morgan fingerprint density at radius 3 is 2.67 bits per heavy atom. The normalized spacial score (nSPS) is 15.5. The third-order valence-electron chi connectivity index (χ3n) is 2.33. The fourth-order valence-electron chi connectivity index (χ4n) is 1.46. The number of hydrogen-bond donors (Lipinski definition) is 2. The number of halogens is 1. The molecule has 4 heteroatoms. The number of furan rings is 1. The van der Waals surface area contributed by atoms with Crippen LogP contribution in [-0.2, 0) is 0 Å². The second-order valence-corrected chi connectivity index (χ2v) is 4.37. The van der Waals surface area contributed by atoms with Gasteiger partial charge in [0.2, 0.25) is 0 Å². The quantitative estimate of drug-likeness (QED) is 0.881. The molecule has 3 nitrogen and oxygen atoms in total. The lowest BCUT2D eigenvalue weighted by molar-refractivity contribution is 0.128. The van der Waals surface area contributed by atoms with E-state index in [1.165, 1.54) is 0 Å². The molecule has 15 heavy (non-hydrogen) atoms. The van der Waals surface area contributed by atoms with Crippen LogP contribution in [0.3, 0.4) is 0 Å². The van der Waals surface area contributed by atoms with Crippen LogP contribution in [0.25, 0.3) is 11.0 Å². The van der Waals surface area contributed by atoms with Crippen molar-refractivity contribution in [2.45, 2.75) is 19.1 Å². The summed E-state index contributed by atoms with van der Waals surface area (Å²) in [7, 11) is 0. The summed E-state index contributed by atoms with van der Waals surface area (Å²) in [6, 6.07) is 7.24. The van der Waals surface area contributed by atoms with E-state index in [2.05, 4.69) is 15.9 Å². The smallest absolute Gasteiger partial charge is 0.149 e. The van der Waals surface area contributed by atoms with Crippen LogP contribution in [-0.4, -0.2) is 11.1 Å². The van der Waals surface area contributed by atoms with Crippen molar-refractivity contribution in [3.05, 3.63) is 34.5 Å². The zero-order valence-electron chi connectivity index (χ0n) is 8.27. The van der Waals surface area contributed by atoms with Crippen LogP contribution in [0.15, 0.2) is 33.2 Å². The van der Waals surface area contributed by atoms with Gasteiger partial charge in [0.05, 0.1) is 4.47 Å². The standard InChI is InChI=1S/C11H12BrNO2/c1-6(13)10(14)11-9(12)7-4-2-3-5-8(7)15-11/h2-6,10,14H,13H2,1H3. The minimum Gasteiger partial charge on any atom is -0.457 e. The van der Waals surface area contributed by atoms with Crippen LogP contribution in [0, 0.1) is 0 Å². The van der Waals surface area contributed by atoms with Gasteiger partial charge >= 0.3 is 0 Å². The molecule has 1 aromatic heterocycles. The molecule has 0 aliphatic rings. The number of aliphatic hydroxyl groups is 1. The van der Waals surface area contributed by atoms with Crippen molar-refractivity contribution in [1.29, 1.82) is 0 Å². The summed E-state index contributed by atoms with van der Waals surface area (Å²) < 4.78 is 6.33. The lowest BCUT2D eigenvalue weighted by atomic mass is 10.1. The Morgan fingerprint density at radius 2 is 2.07 bits per heavy atom. The Balaban J connectivity index is 2.58. The van der Waals surface area contributed by atoms with Crippen molar-refractivity contribution in [2.24, 2.45) is 5.73 Å². The third kappa shape index (κ3) is 1.80. The molecular weight excluding hydrogens is 258 g/mol. The first-order valence-electron chi connectivity index (χ1n) is 4.72. The maximum Gasteiger partial charge on any atom is 0.149 e. The lowest BCUT2D eigenvalue weighted by Gasteiger charge is -2.11.